The minimum Gasteiger partial charge on any atom is -0.317 e. The third-order valence-corrected chi connectivity index (χ3v) is 2.94. The van der Waals surface area contributed by atoms with Crippen molar-refractivity contribution in [2.24, 2.45) is 0 Å². The highest BCUT2D eigenvalue weighted by Gasteiger charge is 2.17. The molecule has 1 aromatic rings. The highest BCUT2D eigenvalue weighted by molar-refractivity contribution is 5.25. The van der Waals surface area contributed by atoms with Crippen molar-refractivity contribution < 1.29 is 0 Å². The molecule has 2 heterocycles. The Bertz CT molecular complexity index is 290. The van der Waals surface area contributed by atoms with Gasteiger partial charge >= 0.3 is 0 Å². The molecule has 1 fully saturated rings. The molecule has 1 radical (unpaired) electrons. The standard InChI is InChI=1S/C12H17N2/c1-2-12-11(4-3-7-14-12)10-5-8-13-9-6-10/h3-4,7,10,13H,1-2,5-6,8-9H2. The first-order chi connectivity index (χ1) is 6.92. The molecule has 1 aliphatic heterocycles. The molecule has 0 aliphatic carbocycles. The van der Waals surface area contributed by atoms with Gasteiger partial charge in [0.1, 0.15) is 0 Å². The molecule has 2 heteroatoms. The highest BCUT2D eigenvalue weighted by atomic mass is 14.9. The third-order valence-electron chi connectivity index (χ3n) is 2.94. The number of rotatable bonds is 2. The zero-order valence-electron chi connectivity index (χ0n) is 8.50. The van der Waals surface area contributed by atoms with Crippen LogP contribution in [0.5, 0.6) is 0 Å². The first-order valence-corrected chi connectivity index (χ1v) is 5.35. The van der Waals surface area contributed by atoms with Crippen LogP contribution in [-0.2, 0) is 6.42 Å². The van der Waals surface area contributed by atoms with Gasteiger partial charge in [-0.2, -0.15) is 0 Å². The van der Waals surface area contributed by atoms with Crippen molar-refractivity contribution in [3.63, 3.8) is 0 Å². The molecular weight excluding hydrogens is 172 g/mol. The van der Waals surface area contributed by atoms with Crippen molar-refractivity contribution in [3.05, 3.63) is 36.5 Å². The van der Waals surface area contributed by atoms with Crippen LogP contribution in [-0.4, -0.2) is 18.1 Å². The van der Waals surface area contributed by atoms with E-state index in [-0.39, 0.29) is 0 Å². The number of piperidine rings is 1. The van der Waals surface area contributed by atoms with Gasteiger partial charge in [-0.15, -0.1) is 0 Å². The summed E-state index contributed by atoms with van der Waals surface area (Å²) in [6.45, 7) is 6.20. The van der Waals surface area contributed by atoms with E-state index in [1.165, 1.54) is 24.1 Å². The Morgan fingerprint density at radius 1 is 1.43 bits per heavy atom. The van der Waals surface area contributed by atoms with Crippen LogP contribution in [0, 0.1) is 6.92 Å². The predicted octanol–water partition coefficient (Wildman–Crippen LogP) is 1.93. The zero-order valence-corrected chi connectivity index (χ0v) is 8.50. The molecule has 1 aliphatic rings. The average molecular weight is 189 g/mol. The van der Waals surface area contributed by atoms with Crippen LogP contribution in [0.25, 0.3) is 0 Å². The fraction of sp³-hybridized carbons (Fsp3) is 0.500. The van der Waals surface area contributed by atoms with E-state index in [9.17, 15) is 0 Å². The SMILES string of the molecule is [CH2]Cc1ncccc1C1CCNCC1. The molecule has 1 aromatic heterocycles. The van der Waals surface area contributed by atoms with E-state index >= 15 is 0 Å². The van der Waals surface area contributed by atoms with E-state index in [0.29, 0.717) is 5.92 Å². The second kappa shape index (κ2) is 4.56. The van der Waals surface area contributed by atoms with E-state index in [1.54, 1.807) is 0 Å². The molecule has 0 unspecified atom stereocenters. The summed E-state index contributed by atoms with van der Waals surface area (Å²) in [7, 11) is 0. The van der Waals surface area contributed by atoms with Crippen LogP contribution >= 0.6 is 0 Å². The van der Waals surface area contributed by atoms with Gasteiger partial charge in [-0.25, -0.2) is 0 Å². The van der Waals surface area contributed by atoms with Gasteiger partial charge in [-0.3, -0.25) is 4.98 Å². The van der Waals surface area contributed by atoms with Gasteiger partial charge in [0, 0.05) is 11.9 Å². The van der Waals surface area contributed by atoms with Crippen molar-refractivity contribution in [2.75, 3.05) is 13.1 Å². The number of nitrogens with one attached hydrogen (secondary N) is 1. The van der Waals surface area contributed by atoms with Crippen LogP contribution < -0.4 is 5.32 Å². The fourth-order valence-electron chi connectivity index (χ4n) is 2.16. The molecule has 0 saturated carbocycles. The summed E-state index contributed by atoms with van der Waals surface area (Å²) in [6, 6.07) is 4.25. The molecule has 14 heavy (non-hydrogen) atoms. The number of nitrogens with zero attached hydrogens (tertiary/aromatic N) is 1. The van der Waals surface area contributed by atoms with Crippen LogP contribution in [0.3, 0.4) is 0 Å². The number of hydrogen-bond acceptors (Lipinski definition) is 2. The molecule has 0 atom stereocenters. The molecule has 1 saturated heterocycles. The molecule has 0 aromatic carbocycles. The maximum absolute atomic E-state index is 4.39. The monoisotopic (exact) mass is 189 g/mol. The molecule has 0 bridgehead atoms. The lowest BCUT2D eigenvalue weighted by molar-refractivity contribution is 0.457. The normalized spacial score (nSPS) is 18.4. The zero-order chi connectivity index (χ0) is 9.80. The summed E-state index contributed by atoms with van der Waals surface area (Å²) in [4.78, 5) is 4.39. The van der Waals surface area contributed by atoms with Gasteiger partial charge in [-0.05, 0) is 56.8 Å². The first kappa shape index (κ1) is 9.66. The smallest absolute Gasteiger partial charge is 0.0438 e. The topological polar surface area (TPSA) is 24.9 Å². The predicted molar refractivity (Wildman–Crippen MR) is 58.1 cm³/mol. The minimum absolute atomic E-state index is 0.696. The number of hydrogen-bond donors (Lipinski definition) is 1. The van der Waals surface area contributed by atoms with Gasteiger partial charge in [0.25, 0.3) is 0 Å². The largest absolute Gasteiger partial charge is 0.317 e. The molecule has 1 N–H and O–H groups in total. The lowest BCUT2D eigenvalue weighted by Gasteiger charge is -2.24. The number of aromatic nitrogens is 1. The number of pyridine rings is 1. The van der Waals surface area contributed by atoms with Gasteiger partial charge < -0.3 is 5.32 Å². The summed E-state index contributed by atoms with van der Waals surface area (Å²) in [5, 5.41) is 3.39. The molecule has 0 spiro atoms. The lowest BCUT2D eigenvalue weighted by atomic mass is 9.88. The van der Waals surface area contributed by atoms with Crippen molar-refractivity contribution in [2.45, 2.75) is 25.2 Å². The van der Waals surface area contributed by atoms with E-state index in [4.69, 9.17) is 0 Å². The van der Waals surface area contributed by atoms with Gasteiger partial charge in [-0.1, -0.05) is 6.07 Å². The third kappa shape index (κ3) is 1.95. The van der Waals surface area contributed by atoms with E-state index in [2.05, 4.69) is 23.3 Å². The Balaban J connectivity index is 2.20. The van der Waals surface area contributed by atoms with Crippen LogP contribution in [0.2, 0.25) is 0 Å². The summed E-state index contributed by atoms with van der Waals surface area (Å²) < 4.78 is 0. The van der Waals surface area contributed by atoms with Gasteiger partial charge in [0.15, 0.2) is 0 Å². The van der Waals surface area contributed by atoms with E-state index in [0.717, 1.165) is 19.5 Å². The van der Waals surface area contributed by atoms with Crippen molar-refractivity contribution in [3.8, 4) is 0 Å². The minimum atomic E-state index is 0.696. The van der Waals surface area contributed by atoms with E-state index < -0.39 is 0 Å². The molecule has 75 valence electrons. The van der Waals surface area contributed by atoms with E-state index in [1.807, 2.05) is 12.3 Å². The Hall–Kier alpha value is -0.890. The Morgan fingerprint density at radius 3 is 2.93 bits per heavy atom. The second-order valence-corrected chi connectivity index (χ2v) is 3.81. The van der Waals surface area contributed by atoms with Crippen molar-refractivity contribution in [1.29, 1.82) is 0 Å². The summed E-state index contributed by atoms with van der Waals surface area (Å²) in [5.41, 5.74) is 2.60. The summed E-state index contributed by atoms with van der Waals surface area (Å²) in [6.07, 6.45) is 5.14. The average Bonchev–Trinajstić information content (AvgIpc) is 2.30. The maximum atomic E-state index is 4.39. The summed E-state index contributed by atoms with van der Waals surface area (Å²) in [5.74, 6) is 0.696. The molecular formula is C12H17N2. The molecule has 0 amide bonds. The first-order valence-electron chi connectivity index (χ1n) is 5.35. The van der Waals surface area contributed by atoms with Crippen LogP contribution in [0.4, 0.5) is 0 Å². The quantitative estimate of drug-likeness (QED) is 0.769. The Morgan fingerprint density at radius 2 is 2.21 bits per heavy atom. The molecule has 2 nitrogen and oxygen atoms in total. The van der Waals surface area contributed by atoms with Crippen LogP contribution in [0.1, 0.15) is 30.0 Å². The second-order valence-electron chi connectivity index (χ2n) is 3.81. The van der Waals surface area contributed by atoms with Gasteiger partial charge in [0.05, 0.1) is 0 Å². The van der Waals surface area contributed by atoms with Crippen molar-refractivity contribution in [1.82, 2.24) is 10.3 Å². The fourth-order valence-corrected chi connectivity index (χ4v) is 2.16. The molecule has 2 rings (SSSR count). The lowest BCUT2D eigenvalue weighted by Crippen LogP contribution is -2.27. The highest BCUT2D eigenvalue weighted by Crippen LogP contribution is 2.26. The Labute approximate surface area is 85.7 Å². The van der Waals surface area contributed by atoms with Crippen molar-refractivity contribution >= 4 is 0 Å². The maximum Gasteiger partial charge on any atom is 0.0438 e. The summed E-state index contributed by atoms with van der Waals surface area (Å²) >= 11 is 0. The van der Waals surface area contributed by atoms with Gasteiger partial charge in [0.2, 0.25) is 0 Å². The Kier molecular flexibility index (Phi) is 3.14. The van der Waals surface area contributed by atoms with Crippen LogP contribution in [0.15, 0.2) is 18.3 Å².